The maximum atomic E-state index is 12.7. The van der Waals surface area contributed by atoms with Gasteiger partial charge in [-0.25, -0.2) is 0 Å². The lowest BCUT2D eigenvalue weighted by Crippen LogP contribution is -2.50. The number of anilines is 2. The van der Waals surface area contributed by atoms with Crippen LogP contribution in [0, 0.1) is 5.92 Å². The van der Waals surface area contributed by atoms with Crippen molar-refractivity contribution >= 4 is 56.8 Å². The number of hydrogen-bond acceptors (Lipinski definition) is 4. The lowest BCUT2D eigenvalue weighted by Gasteiger charge is -2.38. The smallest absolute Gasteiger partial charge is 0.248 e. The van der Waals surface area contributed by atoms with Crippen molar-refractivity contribution in [1.82, 2.24) is 4.90 Å². The molecular weight excluding hydrogens is 530 g/mol. The summed E-state index contributed by atoms with van der Waals surface area (Å²) in [5, 5.41) is 3.49. The molecule has 1 saturated heterocycles. The van der Waals surface area contributed by atoms with Crippen LogP contribution in [0.2, 0.25) is 5.02 Å². The van der Waals surface area contributed by atoms with E-state index in [1.165, 1.54) is 6.08 Å². The van der Waals surface area contributed by atoms with Gasteiger partial charge in [0.1, 0.15) is 11.5 Å². The van der Waals surface area contributed by atoms with E-state index in [0.29, 0.717) is 42.6 Å². The van der Waals surface area contributed by atoms with E-state index in [1.54, 1.807) is 18.2 Å². The van der Waals surface area contributed by atoms with Crippen molar-refractivity contribution in [3.63, 3.8) is 0 Å². The highest BCUT2D eigenvalue weighted by molar-refractivity contribution is 9.10. The van der Waals surface area contributed by atoms with Crippen molar-refractivity contribution in [2.45, 2.75) is 13.8 Å². The number of carbonyl (C=O) groups excluding carboxylic acids is 2. The Kier molecular flexibility index (Phi) is 7.98. The Hall–Kier alpha value is -3.03. The van der Waals surface area contributed by atoms with Crippen molar-refractivity contribution in [3.05, 3.63) is 75.9 Å². The fraction of sp³-hybridized carbons (Fsp3) is 0.259. The van der Waals surface area contributed by atoms with Crippen molar-refractivity contribution in [2.24, 2.45) is 5.92 Å². The molecule has 0 saturated carbocycles. The molecule has 182 valence electrons. The number of benzene rings is 2. The zero-order chi connectivity index (χ0) is 24.9. The minimum atomic E-state index is -0.288. The van der Waals surface area contributed by atoms with E-state index in [4.69, 9.17) is 16.0 Å². The van der Waals surface area contributed by atoms with Crippen LogP contribution in [-0.4, -0.2) is 42.9 Å². The first kappa shape index (κ1) is 25.1. The molecule has 0 atom stereocenters. The molecule has 1 N–H and O–H groups in total. The normalized spacial score (nSPS) is 14.1. The van der Waals surface area contributed by atoms with Gasteiger partial charge in [-0.05, 0) is 42.5 Å². The molecule has 0 aliphatic carbocycles. The number of amides is 2. The third kappa shape index (κ3) is 6.16. The lowest BCUT2D eigenvalue weighted by molar-refractivity contribution is -0.134. The van der Waals surface area contributed by atoms with Gasteiger partial charge in [-0.15, -0.1) is 0 Å². The molecule has 2 heterocycles. The van der Waals surface area contributed by atoms with Gasteiger partial charge in [-0.2, -0.15) is 0 Å². The molecule has 8 heteroatoms. The van der Waals surface area contributed by atoms with Gasteiger partial charge < -0.3 is 19.5 Å². The highest BCUT2D eigenvalue weighted by Crippen LogP contribution is 2.35. The Labute approximate surface area is 218 Å². The van der Waals surface area contributed by atoms with E-state index in [2.05, 4.69) is 26.1 Å². The van der Waals surface area contributed by atoms with Gasteiger partial charge in [-0.1, -0.05) is 59.6 Å². The van der Waals surface area contributed by atoms with Gasteiger partial charge in [0, 0.05) is 48.2 Å². The number of rotatable bonds is 6. The molecule has 1 aliphatic rings. The first-order chi connectivity index (χ1) is 16.8. The van der Waals surface area contributed by atoms with E-state index >= 15 is 0 Å². The van der Waals surface area contributed by atoms with E-state index < -0.39 is 0 Å². The van der Waals surface area contributed by atoms with Crippen LogP contribution in [-0.2, 0) is 9.59 Å². The number of nitrogens with zero attached hydrogens (tertiary/aromatic N) is 2. The monoisotopic (exact) mass is 555 g/mol. The number of nitrogens with one attached hydrogen (secondary N) is 1. The molecule has 0 spiro atoms. The van der Waals surface area contributed by atoms with E-state index in [-0.39, 0.29) is 17.7 Å². The first-order valence-electron chi connectivity index (χ1n) is 11.5. The standard InChI is InChI=1S/C27H27BrClN3O3/c1-18(2)27(34)32-16-14-31(15-17-32)26-22(29)4-3-5-23(26)30-25(33)13-11-21-10-12-24(35-21)19-6-8-20(28)9-7-19/h3-13,18H,14-17H2,1-2H3,(H,30,33)/b13-11+. The molecule has 35 heavy (non-hydrogen) atoms. The van der Waals surface area contributed by atoms with Crippen LogP contribution in [0.1, 0.15) is 19.6 Å². The summed E-state index contributed by atoms with van der Waals surface area (Å²) in [6.07, 6.45) is 3.08. The molecule has 4 rings (SSSR count). The van der Waals surface area contributed by atoms with Gasteiger partial charge >= 0.3 is 0 Å². The number of para-hydroxylation sites is 1. The molecule has 3 aromatic rings. The summed E-state index contributed by atoms with van der Waals surface area (Å²) in [5.41, 5.74) is 2.35. The Morgan fingerprint density at radius 2 is 1.74 bits per heavy atom. The predicted molar refractivity (Wildman–Crippen MR) is 145 cm³/mol. The highest BCUT2D eigenvalue weighted by atomic mass is 79.9. The van der Waals surface area contributed by atoms with Crippen LogP contribution in [0.15, 0.2) is 69.6 Å². The summed E-state index contributed by atoms with van der Waals surface area (Å²) in [4.78, 5) is 29.0. The second-order valence-corrected chi connectivity index (χ2v) is 9.96. The van der Waals surface area contributed by atoms with E-state index in [0.717, 1.165) is 21.5 Å². The summed E-state index contributed by atoms with van der Waals surface area (Å²) >= 11 is 9.96. The van der Waals surface area contributed by atoms with Crippen LogP contribution in [0.25, 0.3) is 17.4 Å². The van der Waals surface area contributed by atoms with Crippen LogP contribution >= 0.6 is 27.5 Å². The summed E-state index contributed by atoms with van der Waals surface area (Å²) in [7, 11) is 0. The second-order valence-electron chi connectivity index (χ2n) is 8.63. The number of furan rings is 1. The Balaban J connectivity index is 1.42. The van der Waals surface area contributed by atoms with E-state index in [1.807, 2.05) is 61.2 Å². The zero-order valence-corrected chi connectivity index (χ0v) is 22.0. The summed E-state index contributed by atoms with van der Waals surface area (Å²) < 4.78 is 6.85. The minimum Gasteiger partial charge on any atom is -0.457 e. The number of halogens is 2. The maximum absolute atomic E-state index is 12.7. The zero-order valence-electron chi connectivity index (χ0n) is 19.6. The Morgan fingerprint density at radius 1 is 1.03 bits per heavy atom. The Bertz CT molecular complexity index is 1230. The number of carbonyl (C=O) groups is 2. The van der Waals surface area contributed by atoms with Crippen LogP contribution in [0.5, 0.6) is 0 Å². The second kappa shape index (κ2) is 11.1. The predicted octanol–water partition coefficient (Wildman–Crippen LogP) is 6.32. The summed E-state index contributed by atoms with van der Waals surface area (Å²) in [6.45, 7) is 6.35. The van der Waals surface area contributed by atoms with Gasteiger partial charge in [0.15, 0.2) is 0 Å². The van der Waals surface area contributed by atoms with Crippen molar-refractivity contribution < 1.29 is 14.0 Å². The molecule has 1 fully saturated rings. The quantitative estimate of drug-likeness (QED) is 0.361. The fourth-order valence-electron chi connectivity index (χ4n) is 4.00. The average Bonchev–Trinajstić information content (AvgIpc) is 3.32. The molecule has 6 nitrogen and oxygen atoms in total. The molecule has 0 unspecified atom stereocenters. The van der Waals surface area contributed by atoms with Gasteiger partial charge in [0.25, 0.3) is 0 Å². The molecular formula is C27H27BrClN3O3. The molecule has 2 aromatic carbocycles. The van der Waals surface area contributed by atoms with Crippen molar-refractivity contribution in [2.75, 3.05) is 36.4 Å². The van der Waals surface area contributed by atoms with Crippen molar-refractivity contribution in [1.29, 1.82) is 0 Å². The van der Waals surface area contributed by atoms with Crippen molar-refractivity contribution in [3.8, 4) is 11.3 Å². The number of hydrogen-bond donors (Lipinski definition) is 1. The third-order valence-corrected chi connectivity index (χ3v) is 6.63. The summed E-state index contributed by atoms with van der Waals surface area (Å²) in [5.74, 6) is 1.15. The Morgan fingerprint density at radius 3 is 2.43 bits per heavy atom. The highest BCUT2D eigenvalue weighted by Gasteiger charge is 2.25. The van der Waals surface area contributed by atoms with Gasteiger partial charge in [-0.3, -0.25) is 9.59 Å². The molecule has 1 aliphatic heterocycles. The topological polar surface area (TPSA) is 65.8 Å². The molecule has 0 radical (unpaired) electrons. The van der Waals surface area contributed by atoms with Crippen LogP contribution in [0.4, 0.5) is 11.4 Å². The molecule has 1 aromatic heterocycles. The first-order valence-corrected chi connectivity index (χ1v) is 12.7. The van der Waals surface area contributed by atoms with Gasteiger partial charge in [0.2, 0.25) is 11.8 Å². The van der Waals surface area contributed by atoms with Crippen LogP contribution < -0.4 is 10.2 Å². The maximum Gasteiger partial charge on any atom is 0.248 e. The molecule has 0 bridgehead atoms. The van der Waals surface area contributed by atoms with Gasteiger partial charge in [0.05, 0.1) is 16.4 Å². The largest absolute Gasteiger partial charge is 0.457 e. The van der Waals surface area contributed by atoms with E-state index in [9.17, 15) is 9.59 Å². The average molecular weight is 557 g/mol. The molecule has 2 amide bonds. The number of piperazine rings is 1. The SMILES string of the molecule is CC(C)C(=O)N1CCN(c2c(Cl)cccc2NC(=O)/C=C/c2ccc(-c3ccc(Br)cc3)o2)CC1. The fourth-order valence-corrected chi connectivity index (χ4v) is 4.56. The third-order valence-electron chi connectivity index (χ3n) is 5.80. The van der Waals surface area contributed by atoms with Crippen LogP contribution in [0.3, 0.4) is 0 Å². The summed E-state index contributed by atoms with van der Waals surface area (Å²) in [6, 6.07) is 17.0. The lowest BCUT2D eigenvalue weighted by atomic mass is 10.1. The minimum absolute atomic E-state index is 0.0244.